The molecule has 0 bridgehead atoms. The maximum Gasteiger partial charge on any atom is 0.436 e. The molecular formula is C14H22FO2P. The standard InChI is InChI=1S/C14H22FO2P/c1-4-5-6-11-14(2,3)12-7-9-13(10-8-12)17-18(15)16/h7-10,16H,4-6,11H2,1-3H3. The molecule has 2 nitrogen and oxygen atoms in total. The molecule has 0 amide bonds. The highest BCUT2D eigenvalue weighted by Crippen LogP contribution is 2.36. The van der Waals surface area contributed by atoms with Crippen LogP contribution in [0, 0.1) is 0 Å². The van der Waals surface area contributed by atoms with Gasteiger partial charge in [-0.15, -0.1) is 4.20 Å². The van der Waals surface area contributed by atoms with Crippen LogP contribution in [-0.4, -0.2) is 4.89 Å². The second-order valence-electron chi connectivity index (χ2n) is 5.18. The first-order chi connectivity index (χ1) is 8.45. The van der Waals surface area contributed by atoms with E-state index < -0.39 is 8.69 Å². The smallest absolute Gasteiger partial charge is 0.424 e. The number of benzene rings is 1. The topological polar surface area (TPSA) is 29.5 Å². The van der Waals surface area contributed by atoms with E-state index in [0.717, 1.165) is 6.42 Å². The molecule has 102 valence electrons. The molecule has 0 aromatic heterocycles. The van der Waals surface area contributed by atoms with Crippen molar-refractivity contribution in [2.45, 2.75) is 51.9 Å². The fourth-order valence-electron chi connectivity index (χ4n) is 2.02. The lowest BCUT2D eigenvalue weighted by atomic mass is 9.80. The maximum absolute atomic E-state index is 12.3. The summed E-state index contributed by atoms with van der Waals surface area (Å²) < 4.78 is 17.0. The Morgan fingerprint density at radius 3 is 2.33 bits per heavy atom. The van der Waals surface area contributed by atoms with Gasteiger partial charge in [-0.1, -0.05) is 52.2 Å². The molecule has 1 aromatic carbocycles. The van der Waals surface area contributed by atoms with Crippen molar-refractivity contribution in [1.29, 1.82) is 0 Å². The molecule has 1 atom stereocenters. The third-order valence-corrected chi connectivity index (χ3v) is 3.58. The van der Waals surface area contributed by atoms with Gasteiger partial charge in [0.1, 0.15) is 5.75 Å². The predicted octanol–water partition coefficient (Wildman–Crippen LogP) is 5.11. The Morgan fingerprint density at radius 2 is 1.83 bits per heavy atom. The van der Waals surface area contributed by atoms with Gasteiger partial charge < -0.3 is 9.42 Å². The first-order valence-electron chi connectivity index (χ1n) is 6.39. The summed E-state index contributed by atoms with van der Waals surface area (Å²) in [7, 11) is -2.83. The van der Waals surface area contributed by atoms with Crippen molar-refractivity contribution in [3.63, 3.8) is 0 Å². The minimum absolute atomic E-state index is 0.118. The van der Waals surface area contributed by atoms with E-state index in [1.807, 2.05) is 12.1 Å². The maximum atomic E-state index is 12.3. The molecule has 0 saturated heterocycles. The molecule has 1 aromatic rings. The Bertz CT molecular complexity index is 349. The van der Waals surface area contributed by atoms with Crippen molar-refractivity contribution >= 4 is 8.69 Å². The van der Waals surface area contributed by atoms with Crippen LogP contribution in [0.15, 0.2) is 24.3 Å². The highest BCUT2D eigenvalue weighted by molar-refractivity contribution is 7.40. The van der Waals surface area contributed by atoms with Crippen LogP contribution < -0.4 is 4.52 Å². The molecule has 0 spiro atoms. The lowest BCUT2D eigenvalue weighted by Crippen LogP contribution is -2.16. The summed E-state index contributed by atoms with van der Waals surface area (Å²) in [6, 6.07) is 7.31. The van der Waals surface area contributed by atoms with Crippen molar-refractivity contribution < 1.29 is 13.6 Å². The normalized spacial score (nSPS) is 13.4. The average molecular weight is 272 g/mol. The third-order valence-electron chi connectivity index (χ3n) is 3.22. The fourth-order valence-corrected chi connectivity index (χ4v) is 2.31. The summed E-state index contributed by atoms with van der Waals surface area (Å²) >= 11 is 0. The molecule has 0 aliphatic heterocycles. The summed E-state index contributed by atoms with van der Waals surface area (Å²) in [4.78, 5) is 8.55. The Kier molecular flexibility index (Phi) is 6.04. The number of halogens is 1. The van der Waals surface area contributed by atoms with Crippen molar-refractivity contribution in [2.24, 2.45) is 0 Å². The summed E-state index contributed by atoms with van der Waals surface area (Å²) in [6.45, 7) is 6.63. The molecule has 1 N–H and O–H groups in total. The molecule has 0 radical (unpaired) electrons. The SMILES string of the molecule is CCCCCC(C)(C)c1ccc(OP(O)F)cc1. The molecule has 18 heavy (non-hydrogen) atoms. The lowest BCUT2D eigenvalue weighted by molar-refractivity contribution is 0.432. The van der Waals surface area contributed by atoms with Crippen LogP contribution in [0.2, 0.25) is 0 Å². The van der Waals surface area contributed by atoms with Crippen LogP contribution in [-0.2, 0) is 5.41 Å². The largest absolute Gasteiger partial charge is 0.436 e. The summed E-state index contributed by atoms with van der Waals surface area (Å²) in [5, 5.41) is 0. The van der Waals surface area contributed by atoms with Gasteiger partial charge in [0.2, 0.25) is 0 Å². The van der Waals surface area contributed by atoms with E-state index in [0.29, 0.717) is 5.75 Å². The molecule has 0 saturated carbocycles. The highest BCUT2D eigenvalue weighted by Gasteiger charge is 2.20. The Morgan fingerprint density at radius 1 is 1.22 bits per heavy atom. The third kappa shape index (κ3) is 4.91. The second kappa shape index (κ2) is 7.06. The van der Waals surface area contributed by atoms with E-state index in [9.17, 15) is 4.20 Å². The molecule has 0 aliphatic carbocycles. The van der Waals surface area contributed by atoms with E-state index in [4.69, 9.17) is 4.89 Å². The van der Waals surface area contributed by atoms with Crippen molar-refractivity contribution in [2.75, 3.05) is 0 Å². The fraction of sp³-hybridized carbons (Fsp3) is 0.571. The molecule has 0 heterocycles. The zero-order valence-corrected chi connectivity index (χ0v) is 12.2. The van der Waals surface area contributed by atoms with E-state index in [1.54, 1.807) is 12.1 Å². The van der Waals surface area contributed by atoms with Crippen LogP contribution >= 0.6 is 8.69 Å². The van der Waals surface area contributed by atoms with Gasteiger partial charge >= 0.3 is 8.69 Å². The minimum atomic E-state index is -2.83. The first kappa shape index (κ1) is 15.4. The molecule has 1 rings (SSSR count). The van der Waals surface area contributed by atoms with E-state index in [2.05, 4.69) is 25.3 Å². The first-order valence-corrected chi connectivity index (χ1v) is 7.49. The average Bonchev–Trinajstić information content (AvgIpc) is 2.29. The number of hydrogen-bond donors (Lipinski definition) is 1. The van der Waals surface area contributed by atoms with Crippen molar-refractivity contribution in [3.8, 4) is 5.75 Å². The highest BCUT2D eigenvalue weighted by atomic mass is 31.2. The number of hydrogen-bond acceptors (Lipinski definition) is 2. The van der Waals surface area contributed by atoms with Gasteiger partial charge in [-0.25, -0.2) is 0 Å². The van der Waals surface area contributed by atoms with Gasteiger partial charge in [0.05, 0.1) is 0 Å². The van der Waals surface area contributed by atoms with Gasteiger partial charge in [0, 0.05) is 0 Å². The summed E-state index contributed by atoms with van der Waals surface area (Å²) in [6.07, 6.45) is 4.83. The molecule has 0 aliphatic rings. The quantitative estimate of drug-likeness (QED) is 0.552. The van der Waals surface area contributed by atoms with Crippen molar-refractivity contribution in [1.82, 2.24) is 0 Å². The summed E-state index contributed by atoms with van der Waals surface area (Å²) in [5.74, 6) is 0.374. The lowest BCUT2D eigenvalue weighted by Gasteiger charge is -2.25. The van der Waals surface area contributed by atoms with Crippen LogP contribution in [0.4, 0.5) is 4.20 Å². The Labute approximate surface area is 110 Å². The van der Waals surface area contributed by atoms with Crippen LogP contribution in [0.25, 0.3) is 0 Å². The minimum Gasteiger partial charge on any atom is -0.424 e. The van der Waals surface area contributed by atoms with E-state index >= 15 is 0 Å². The van der Waals surface area contributed by atoms with Gasteiger partial charge in [0.15, 0.2) is 0 Å². The number of unbranched alkanes of at least 4 members (excludes halogenated alkanes) is 2. The van der Waals surface area contributed by atoms with Gasteiger partial charge in [-0.2, -0.15) is 0 Å². The van der Waals surface area contributed by atoms with Gasteiger partial charge in [0.25, 0.3) is 0 Å². The van der Waals surface area contributed by atoms with Crippen LogP contribution in [0.1, 0.15) is 52.0 Å². The zero-order chi connectivity index (χ0) is 13.6. The number of rotatable bonds is 7. The van der Waals surface area contributed by atoms with Gasteiger partial charge in [-0.3, -0.25) is 0 Å². The van der Waals surface area contributed by atoms with E-state index in [1.165, 1.54) is 24.8 Å². The van der Waals surface area contributed by atoms with Gasteiger partial charge in [-0.05, 0) is 29.5 Å². The van der Waals surface area contributed by atoms with Crippen LogP contribution in [0.3, 0.4) is 0 Å². The molecular weight excluding hydrogens is 250 g/mol. The van der Waals surface area contributed by atoms with Crippen molar-refractivity contribution in [3.05, 3.63) is 29.8 Å². The monoisotopic (exact) mass is 272 g/mol. The van der Waals surface area contributed by atoms with Crippen LogP contribution in [0.5, 0.6) is 5.75 Å². The second-order valence-corrected chi connectivity index (χ2v) is 5.82. The summed E-state index contributed by atoms with van der Waals surface area (Å²) in [5.41, 5.74) is 1.33. The predicted molar refractivity (Wildman–Crippen MR) is 74.5 cm³/mol. The molecule has 0 fully saturated rings. The molecule has 4 heteroatoms. The van der Waals surface area contributed by atoms with E-state index in [-0.39, 0.29) is 5.41 Å². The zero-order valence-electron chi connectivity index (χ0n) is 11.3. The molecule has 1 unspecified atom stereocenters. The Balaban J connectivity index is 2.65. The Hall–Kier alpha value is -0.660.